The largest absolute Gasteiger partial charge is 0.453 e. The monoisotopic (exact) mass is 326 g/mol. The first-order valence-corrected chi connectivity index (χ1v) is 7.73. The Kier molecular flexibility index (Phi) is 6.57. The van der Waals surface area contributed by atoms with E-state index in [1.54, 1.807) is 13.0 Å². The van der Waals surface area contributed by atoms with Gasteiger partial charge >= 0.3 is 5.97 Å². The Morgan fingerprint density at radius 3 is 2.68 bits per heavy atom. The van der Waals surface area contributed by atoms with Gasteiger partial charge in [-0.2, -0.15) is 0 Å². The Bertz CT molecular complexity index is 541. The molecule has 1 N–H and O–H groups in total. The highest BCUT2D eigenvalue weighted by Gasteiger charge is 2.39. The predicted molar refractivity (Wildman–Crippen MR) is 86.7 cm³/mol. The highest BCUT2D eigenvalue weighted by Crippen LogP contribution is 2.40. The number of carbonyl (C=O) groups excluding carboxylic acids is 2. The number of allylic oxidation sites excluding steroid dienone is 4. The van der Waals surface area contributed by atoms with E-state index in [0.29, 0.717) is 12.0 Å². The van der Waals surface area contributed by atoms with Gasteiger partial charge in [0.2, 0.25) is 0 Å². The van der Waals surface area contributed by atoms with Gasteiger partial charge in [-0.25, -0.2) is 0 Å². The predicted octanol–water partition coefficient (Wildman–Crippen LogP) is 2.95. The van der Waals surface area contributed by atoms with E-state index in [4.69, 9.17) is 21.4 Å². The molecule has 0 amide bonds. The van der Waals surface area contributed by atoms with Crippen molar-refractivity contribution in [3.8, 4) is 0 Å². The molecule has 22 heavy (non-hydrogen) atoms. The molecule has 1 rings (SSSR count). The van der Waals surface area contributed by atoms with Crippen molar-refractivity contribution < 1.29 is 19.4 Å². The van der Waals surface area contributed by atoms with E-state index in [9.17, 15) is 9.59 Å². The summed E-state index contributed by atoms with van der Waals surface area (Å²) < 4.78 is 5.15. The van der Waals surface area contributed by atoms with Crippen LogP contribution in [-0.4, -0.2) is 35.4 Å². The number of carbonyl (C=O) groups is 2. The van der Waals surface area contributed by atoms with Gasteiger partial charge in [0.15, 0.2) is 11.9 Å². The Morgan fingerprint density at radius 2 is 2.14 bits per heavy atom. The van der Waals surface area contributed by atoms with E-state index in [0.717, 1.165) is 11.1 Å². The molecule has 4 nitrogen and oxygen atoms in total. The fourth-order valence-corrected chi connectivity index (χ4v) is 2.67. The quantitative estimate of drug-likeness (QED) is 0.479. The average molecular weight is 327 g/mol. The molecule has 0 saturated carbocycles. The van der Waals surface area contributed by atoms with Gasteiger partial charge in [0.1, 0.15) is 5.88 Å². The Morgan fingerprint density at radius 1 is 1.50 bits per heavy atom. The van der Waals surface area contributed by atoms with Crippen molar-refractivity contribution in [1.82, 2.24) is 0 Å². The van der Waals surface area contributed by atoms with Crippen molar-refractivity contribution in [2.24, 2.45) is 5.41 Å². The molecule has 0 unspecified atom stereocenters. The third kappa shape index (κ3) is 4.55. The summed E-state index contributed by atoms with van der Waals surface area (Å²) in [5.41, 5.74) is 2.13. The normalized spacial score (nSPS) is 22.4. The Balaban J connectivity index is 3.09. The molecule has 0 saturated heterocycles. The lowest BCUT2D eigenvalue weighted by atomic mass is 9.71. The van der Waals surface area contributed by atoms with Crippen molar-refractivity contribution in [3.05, 3.63) is 34.9 Å². The Labute approximate surface area is 136 Å². The second-order valence-corrected chi connectivity index (χ2v) is 6.33. The van der Waals surface area contributed by atoms with Gasteiger partial charge in [0.25, 0.3) is 0 Å². The highest BCUT2D eigenvalue weighted by molar-refractivity contribution is 6.26. The van der Waals surface area contributed by atoms with Crippen LogP contribution in [0.5, 0.6) is 0 Å². The third-order valence-electron chi connectivity index (χ3n) is 3.80. The topological polar surface area (TPSA) is 63.6 Å². The molecule has 0 spiro atoms. The average Bonchev–Trinajstić information content (AvgIpc) is 2.44. The molecule has 1 atom stereocenters. The number of hydrogen-bond acceptors (Lipinski definition) is 4. The van der Waals surface area contributed by atoms with Crippen molar-refractivity contribution >= 4 is 23.4 Å². The summed E-state index contributed by atoms with van der Waals surface area (Å²) in [6.45, 7) is 7.62. The summed E-state index contributed by atoms with van der Waals surface area (Å²) in [5, 5.41) is 8.88. The SMILES string of the molecule is CC(C=CC1=C(C)C(=O)[C@@H](OC(=O)CCl)CC1(C)C)=CCO. The van der Waals surface area contributed by atoms with Crippen LogP contribution in [0.1, 0.15) is 34.1 Å². The summed E-state index contributed by atoms with van der Waals surface area (Å²) in [6, 6.07) is 0. The van der Waals surface area contributed by atoms with Crippen LogP contribution in [-0.2, 0) is 14.3 Å². The van der Waals surface area contributed by atoms with Crippen LogP contribution < -0.4 is 0 Å². The molecular weight excluding hydrogens is 304 g/mol. The van der Waals surface area contributed by atoms with E-state index >= 15 is 0 Å². The number of halogens is 1. The molecule has 0 aromatic rings. The second-order valence-electron chi connectivity index (χ2n) is 6.07. The van der Waals surface area contributed by atoms with Crippen LogP contribution in [0.25, 0.3) is 0 Å². The molecule has 1 aliphatic carbocycles. The van der Waals surface area contributed by atoms with Crippen molar-refractivity contribution in [2.75, 3.05) is 12.5 Å². The van der Waals surface area contributed by atoms with Crippen molar-refractivity contribution in [1.29, 1.82) is 0 Å². The fraction of sp³-hybridized carbons (Fsp3) is 0.529. The van der Waals surface area contributed by atoms with Crippen molar-refractivity contribution in [3.63, 3.8) is 0 Å². The first-order valence-electron chi connectivity index (χ1n) is 7.19. The van der Waals surface area contributed by atoms with Crippen LogP contribution in [0.15, 0.2) is 34.9 Å². The van der Waals surface area contributed by atoms with E-state index < -0.39 is 12.1 Å². The summed E-state index contributed by atoms with van der Waals surface area (Å²) >= 11 is 5.43. The molecule has 0 aliphatic heterocycles. The minimum Gasteiger partial charge on any atom is -0.453 e. The zero-order chi connectivity index (χ0) is 16.9. The minimum absolute atomic E-state index is 0.0209. The fourth-order valence-electron chi connectivity index (χ4n) is 2.61. The van der Waals surface area contributed by atoms with E-state index in [2.05, 4.69) is 0 Å². The van der Waals surface area contributed by atoms with Crippen LogP contribution >= 0.6 is 11.6 Å². The summed E-state index contributed by atoms with van der Waals surface area (Å²) in [5.74, 6) is -1.02. The van der Waals surface area contributed by atoms with Crippen LogP contribution in [0.2, 0.25) is 0 Å². The second kappa shape index (κ2) is 7.75. The lowest BCUT2D eigenvalue weighted by Gasteiger charge is -2.36. The number of alkyl halides is 1. The first kappa shape index (κ1) is 18.7. The molecule has 122 valence electrons. The number of Topliss-reactive ketones (excluding diaryl/α,β-unsaturated/α-hetero) is 1. The maximum Gasteiger partial charge on any atom is 0.321 e. The van der Waals surface area contributed by atoms with E-state index in [1.807, 2.05) is 32.9 Å². The van der Waals surface area contributed by atoms with Crippen LogP contribution in [0.3, 0.4) is 0 Å². The molecule has 5 heteroatoms. The molecule has 1 aliphatic rings. The summed E-state index contributed by atoms with van der Waals surface area (Å²) in [4.78, 5) is 23.7. The number of rotatable bonds is 5. The van der Waals surface area contributed by atoms with Gasteiger partial charge < -0.3 is 9.84 Å². The number of ether oxygens (including phenoxy) is 1. The maximum atomic E-state index is 12.4. The van der Waals surface area contributed by atoms with Gasteiger partial charge in [0, 0.05) is 6.42 Å². The molecule has 0 radical (unpaired) electrons. The zero-order valence-corrected chi connectivity index (χ0v) is 14.2. The highest BCUT2D eigenvalue weighted by atomic mass is 35.5. The van der Waals surface area contributed by atoms with Gasteiger partial charge in [-0.3, -0.25) is 9.59 Å². The number of aliphatic hydroxyl groups excluding tert-OH is 1. The van der Waals surface area contributed by atoms with Gasteiger partial charge in [-0.1, -0.05) is 37.6 Å². The van der Waals surface area contributed by atoms with E-state index in [1.165, 1.54) is 0 Å². The molecule has 0 bridgehead atoms. The Hall–Kier alpha value is -1.39. The smallest absolute Gasteiger partial charge is 0.321 e. The molecular formula is C17H23ClO4. The molecule has 0 heterocycles. The molecule has 0 fully saturated rings. The standard InChI is InChI=1S/C17H23ClO4/c1-11(7-8-19)5-6-13-12(2)16(21)14(9-17(13,3)4)22-15(20)10-18/h5-7,14,19H,8-10H2,1-4H3/t14-/m0/s1. The van der Waals surface area contributed by atoms with Crippen LogP contribution in [0, 0.1) is 5.41 Å². The summed E-state index contributed by atoms with van der Waals surface area (Å²) in [6.07, 6.45) is 5.11. The number of esters is 1. The third-order valence-corrected chi connectivity index (χ3v) is 4.02. The van der Waals surface area contributed by atoms with Crippen LogP contribution in [0.4, 0.5) is 0 Å². The zero-order valence-electron chi connectivity index (χ0n) is 13.5. The first-order chi connectivity index (χ1) is 10.2. The number of ketones is 1. The molecule has 0 aromatic heterocycles. The van der Waals surface area contributed by atoms with Gasteiger partial charge in [-0.05, 0) is 30.4 Å². The van der Waals surface area contributed by atoms with E-state index in [-0.39, 0.29) is 23.7 Å². The molecule has 0 aromatic carbocycles. The lowest BCUT2D eigenvalue weighted by molar-refractivity contribution is -0.153. The maximum absolute atomic E-state index is 12.4. The van der Waals surface area contributed by atoms with Gasteiger partial charge in [0.05, 0.1) is 6.61 Å². The number of aliphatic hydroxyl groups is 1. The lowest BCUT2D eigenvalue weighted by Crippen LogP contribution is -2.39. The minimum atomic E-state index is -0.771. The number of hydrogen-bond donors (Lipinski definition) is 1. The van der Waals surface area contributed by atoms with Gasteiger partial charge in [-0.15, -0.1) is 11.6 Å². The van der Waals surface area contributed by atoms with Crippen molar-refractivity contribution in [2.45, 2.75) is 40.2 Å². The summed E-state index contributed by atoms with van der Waals surface area (Å²) in [7, 11) is 0.